The number of aliphatic hydroxyl groups is 1. The van der Waals surface area contributed by atoms with Gasteiger partial charge in [0.25, 0.3) is 0 Å². The van der Waals surface area contributed by atoms with Crippen LogP contribution in [0.15, 0.2) is 17.5 Å². The molecule has 0 aliphatic carbocycles. The second-order valence-electron chi connectivity index (χ2n) is 3.14. The zero-order chi connectivity index (χ0) is 10.1. The Hall–Kier alpha value is -0.710. The third-order valence-corrected chi connectivity index (χ3v) is 3.79. The van der Waals surface area contributed by atoms with Gasteiger partial charge >= 0.3 is 0 Å². The number of aliphatic hydroxyl groups excluding tert-OH is 1. The molecule has 2 aromatic heterocycles. The largest absolute Gasteiger partial charge is 0.381 e. The van der Waals surface area contributed by atoms with E-state index in [0.29, 0.717) is 0 Å². The van der Waals surface area contributed by atoms with Gasteiger partial charge in [0.15, 0.2) is 0 Å². The van der Waals surface area contributed by atoms with Crippen molar-refractivity contribution in [3.8, 4) is 0 Å². The second kappa shape index (κ2) is 3.81. The summed E-state index contributed by atoms with van der Waals surface area (Å²) in [6.45, 7) is 3.98. The van der Waals surface area contributed by atoms with Crippen LogP contribution in [0.25, 0.3) is 0 Å². The van der Waals surface area contributed by atoms with Crippen LogP contribution >= 0.6 is 22.7 Å². The van der Waals surface area contributed by atoms with E-state index in [-0.39, 0.29) is 0 Å². The smallest absolute Gasteiger partial charge is 0.131 e. The molecule has 0 spiro atoms. The molecule has 0 amide bonds. The number of rotatable bonds is 2. The maximum atomic E-state index is 9.97. The van der Waals surface area contributed by atoms with Crippen LogP contribution in [0.4, 0.5) is 0 Å². The van der Waals surface area contributed by atoms with E-state index in [0.717, 1.165) is 15.6 Å². The predicted octanol–water partition coefficient (Wildman–Crippen LogP) is 2.90. The van der Waals surface area contributed by atoms with Crippen molar-refractivity contribution in [3.05, 3.63) is 38.0 Å². The van der Waals surface area contributed by atoms with Crippen LogP contribution in [0.5, 0.6) is 0 Å². The average molecular weight is 225 g/mol. The second-order valence-corrected chi connectivity index (χ2v) is 5.52. The summed E-state index contributed by atoms with van der Waals surface area (Å²) < 4.78 is 0. The molecule has 2 aromatic rings. The van der Waals surface area contributed by atoms with E-state index >= 15 is 0 Å². The van der Waals surface area contributed by atoms with Gasteiger partial charge in [-0.2, -0.15) is 0 Å². The molecule has 0 aliphatic rings. The lowest BCUT2D eigenvalue weighted by Crippen LogP contribution is -1.96. The van der Waals surface area contributed by atoms with Gasteiger partial charge in [-0.1, -0.05) is 0 Å². The lowest BCUT2D eigenvalue weighted by molar-refractivity contribution is 0.220. The van der Waals surface area contributed by atoms with E-state index in [9.17, 15) is 5.11 Å². The van der Waals surface area contributed by atoms with E-state index in [2.05, 4.69) is 4.98 Å². The van der Waals surface area contributed by atoms with Crippen LogP contribution in [-0.2, 0) is 0 Å². The van der Waals surface area contributed by atoms with Gasteiger partial charge in [-0.3, -0.25) is 0 Å². The van der Waals surface area contributed by atoms with Crippen molar-refractivity contribution in [1.82, 2.24) is 4.98 Å². The fourth-order valence-corrected chi connectivity index (χ4v) is 2.76. The number of hydrogen-bond donors (Lipinski definition) is 1. The molecule has 1 atom stereocenters. The molecule has 2 nitrogen and oxygen atoms in total. The maximum Gasteiger partial charge on any atom is 0.131 e. The summed E-state index contributed by atoms with van der Waals surface area (Å²) in [5.74, 6) is 0. The summed E-state index contributed by atoms with van der Waals surface area (Å²) >= 11 is 3.18. The average Bonchev–Trinajstić information content (AvgIpc) is 2.73. The van der Waals surface area contributed by atoms with Crippen LogP contribution in [0.3, 0.4) is 0 Å². The Labute approximate surface area is 90.9 Å². The van der Waals surface area contributed by atoms with E-state index in [4.69, 9.17) is 0 Å². The molecular weight excluding hydrogens is 214 g/mol. The Kier molecular flexibility index (Phi) is 2.67. The highest BCUT2D eigenvalue weighted by atomic mass is 32.1. The highest BCUT2D eigenvalue weighted by Crippen LogP contribution is 2.28. The van der Waals surface area contributed by atoms with Gasteiger partial charge in [0.05, 0.1) is 10.7 Å². The van der Waals surface area contributed by atoms with Crippen molar-refractivity contribution in [1.29, 1.82) is 0 Å². The lowest BCUT2D eigenvalue weighted by Gasteiger charge is -2.03. The maximum absolute atomic E-state index is 9.97. The quantitative estimate of drug-likeness (QED) is 0.852. The van der Waals surface area contributed by atoms with Crippen molar-refractivity contribution in [3.63, 3.8) is 0 Å². The molecule has 14 heavy (non-hydrogen) atoms. The van der Waals surface area contributed by atoms with Gasteiger partial charge in [-0.05, 0) is 26.0 Å². The minimum atomic E-state index is -0.557. The fourth-order valence-electron chi connectivity index (χ4n) is 1.25. The van der Waals surface area contributed by atoms with E-state index in [1.165, 1.54) is 4.88 Å². The lowest BCUT2D eigenvalue weighted by atomic mass is 10.2. The molecule has 0 saturated heterocycles. The molecule has 2 heterocycles. The predicted molar refractivity (Wildman–Crippen MR) is 60.0 cm³/mol. The zero-order valence-electron chi connectivity index (χ0n) is 8.02. The molecule has 1 N–H and O–H groups in total. The van der Waals surface area contributed by atoms with Crippen LogP contribution in [0.1, 0.15) is 26.6 Å². The Morgan fingerprint density at radius 3 is 2.64 bits per heavy atom. The first-order valence-corrected chi connectivity index (χ1v) is 6.03. The molecule has 1 unspecified atom stereocenters. The van der Waals surface area contributed by atoms with Gasteiger partial charge in [-0.15, -0.1) is 22.7 Å². The first-order valence-electron chi connectivity index (χ1n) is 4.33. The van der Waals surface area contributed by atoms with Crippen LogP contribution < -0.4 is 0 Å². The third kappa shape index (κ3) is 1.87. The van der Waals surface area contributed by atoms with E-state index in [1.807, 2.05) is 31.4 Å². The highest BCUT2D eigenvalue weighted by Gasteiger charge is 2.14. The Morgan fingerprint density at radius 2 is 2.14 bits per heavy atom. The Balaban J connectivity index is 2.28. The Morgan fingerprint density at radius 1 is 1.36 bits per heavy atom. The van der Waals surface area contributed by atoms with Crippen molar-refractivity contribution in [2.45, 2.75) is 20.0 Å². The molecule has 0 aromatic carbocycles. The number of nitrogens with zero attached hydrogens (tertiary/aromatic N) is 1. The standard InChI is InChI=1S/C10H11NOS2/c1-6-3-4-9(14-6)10(12)8-5-13-7(2)11-8/h3-5,10,12H,1-2H3. The van der Waals surface area contributed by atoms with Crippen LogP contribution in [0, 0.1) is 13.8 Å². The summed E-state index contributed by atoms with van der Waals surface area (Å²) in [5, 5.41) is 12.9. The number of hydrogen-bond acceptors (Lipinski definition) is 4. The van der Waals surface area contributed by atoms with Gasteiger partial charge in [-0.25, -0.2) is 4.98 Å². The van der Waals surface area contributed by atoms with Crippen molar-refractivity contribution in [2.75, 3.05) is 0 Å². The molecule has 0 aliphatic heterocycles. The topological polar surface area (TPSA) is 33.1 Å². The summed E-state index contributed by atoms with van der Waals surface area (Å²) in [4.78, 5) is 6.45. The van der Waals surface area contributed by atoms with Gasteiger partial charge < -0.3 is 5.11 Å². The van der Waals surface area contributed by atoms with E-state index in [1.54, 1.807) is 22.7 Å². The molecule has 74 valence electrons. The SMILES string of the molecule is Cc1ccc(C(O)c2csc(C)n2)s1. The Bertz CT molecular complexity index is 393. The summed E-state index contributed by atoms with van der Waals surface area (Å²) in [6.07, 6.45) is -0.557. The number of aryl methyl sites for hydroxylation is 2. The first-order chi connectivity index (χ1) is 6.66. The van der Waals surface area contributed by atoms with Crippen LogP contribution in [0.2, 0.25) is 0 Å². The zero-order valence-corrected chi connectivity index (χ0v) is 9.65. The first kappa shape index (κ1) is 9.83. The molecule has 4 heteroatoms. The van der Waals surface area contributed by atoms with Crippen molar-refractivity contribution in [2.24, 2.45) is 0 Å². The molecule has 0 bridgehead atoms. The molecule has 0 fully saturated rings. The molecule has 2 rings (SSSR count). The summed E-state index contributed by atoms with van der Waals surface area (Å²) in [5.41, 5.74) is 0.759. The highest BCUT2D eigenvalue weighted by molar-refractivity contribution is 7.12. The van der Waals surface area contributed by atoms with Gasteiger partial charge in [0.2, 0.25) is 0 Å². The number of thiophene rings is 1. The van der Waals surface area contributed by atoms with Gasteiger partial charge in [0.1, 0.15) is 6.10 Å². The minimum Gasteiger partial charge on any atom is -0.381 e. The summed E-state index contributed by atoms with van der Waals surface area (Å²) in [7, 11) is 0. The fraction of sp³-hybridized carbons (Fsp3) is 0.300. The van der Waals surface area contributed by atoms with Crippen molar-refractivity contribution >= 4 is 22.7 Å². The number of aromatic nitrogens is 1. The molecular formula is C10H11NOS2. The summed E-state index contributed by atoms with van der Waals surface area (Å²) in [6, 6.07) is 3.97. The number of thiazole rings is 1. The van der Waals surface area contributed by atoms with Gasteiger partial charge in [0, 0.05) is 15.1 Å². The minimum absolute atomic E-state index is 0.557. The molecule has 0 radical (unpaired) electrons. The third-order valence-electron chi connectivity index (χ3n) is 1.95. The monoisotopic (exact) mass is 225 g/mol. The normalized spacial score (nSPS) is 13.1. The van der Waals surface area contributed by atoms with Crippen molar-refractivity contribution < 1.29 is 5.11 Å². The van der Waals surface area contributed by atoms with E-state index < -0.39 is 6.10 Å². The molecule has 0 saturated carbocycles. The van der Waals surface area contributed by atoms with Crippen LogP contribution in [-0.4, -0.2) is 10.1 Å².